The highest BCUT2D eigenvalue weighted by atomic mass is 16.5. The Balaban J connectivity index is 2.27. The third-order valence-corrected chi connectivity index (χ3v) is 3.46. The van der Waals surface area contributed by atoms with Crippen molar-refractivity contribution in [2.24, 2.45) is 0 Å². The highest BCUT2D eigenvalue weighted by Gasteiger charge is 2.20. The number of carbonyl (C=O) groups is 1. The SMILES string of the molecule is CCC(CC)NC(=O)c1nn(-c2ccccc2)cc1OC. The lowest BCUT2D eigenvalue weighted by Gasteiger charge is -2.13. The molecule has 1 amide bonds. The average Bonchev–Trinajstić information content (AvgIpc) is 2.97. The third-order valence-electron chi connectivity index (χ3n) is 3.46. The summed E-state index contributed by atoms with van der Waals surface area (Å²) in [5.74, 6) is 0.276. The van der Waals surface area contributed by atoms with Crippen LogP contribution in [0.5, 0.6) is 5.75 Å². The molecule has 112 valence electrons. The number of methoxy groups -OCH3 is 1. The first kappa shape index (κ1) is 15.1. The number of nitrogens with zero attached hydrogens (tertiary/aromatic N) is 2. The van der Waals surface area contributed by atoms with Crippen molar-refractivity contribution in [1.29, 1.82) is 0 Å². The third kappa shape index (κ3) is 3.42. The van der Waals surface area contributed by atoms with Crippen LogP contribution in [-0.2, 0) is 0 Å². The molecule has 0 fully saturated rings. The summed E-state index contributed by atoms with van der Waals surface area (Å²) in [5, 5.41) is 7.33. The summed E-state index contributed by atoms with van der Waals surface area (Å²) in [6.45, 7) is 4.10. The second-order valence-corrected chi connectivity index (χ2v) is 4.81. The number of amides is 1. The highest BCUT2D eigenvalue weighted by Crippen LogP contribution is 2.19. The largest absolute Gasteiger partial charge is 0.493 e. The van der Waals surface area contributed by atoms with Gasteiger partial charge in [-0.3, -0.25) is 4.79 Å². The average molecular weight is 287 g/mol. The number of aromatic nitrogens is 2. The van der Waals surface area contributed by atoms with E-state index in [1.165, 1.54) is 0 Å². The van der Waals surface area contributed by atoms with E-state index in [2.05, 4.69) is 10.4 Å². The molecular formula is C16H21N3O2. The van der Waals surface area contributed by atoms with Gasteiger partial charge in [-0.25, -0.2) is 4.68 Å². The van der Waals surface area contributed by atoms with Gasteiger partial charge in [-0.1, -0.05) is 32.0 Å². The smallest absolute Gasteiger partial charge is 0.275 e. The zero-order valence-corrected chi connectivity index (χ0v) is 12.7. The number of ether oxygens (including phenoxy) is 1. The summed E-state index contributed by atoms with van der Waals surface area (Å²) in [6.07, 6.45) is 3.51. The van der Waals surface area contributed by atoms with Gasteiger partial charge in [0.15, 0.2) is 11.4 Å². The molecule has 0 unspecified atom stereocenters. The maximum absolute atomic E-state index is 12.3. The van der Waals surface area contributed by atoms with Gasteiger partial charge in [0.1, 0.15) is 0 Å². The molecule has 2 rings (SSSR count). The van der Waals surface area contributed by atoms with Crippen LogP contribution in [0.3, 0.4) is 0 Å². The molecule has 5 heteroatoms. The topological polar surface area (TPSA) is 56.2 Å². The van der Waals surface area contributed by atoms with Crippen molar-refractivity contribution in [1.82, 2.24) is 15.1 Å². The van der Waals surface area contributed by atoms with E-state index in [1.807, 2.05) is 44.2 Å². The molecule has 5 nitrogen and oxygen atoms in total. The predicted molar refractivity (Wildman–Crippen MR) is 82.0 cm³/mol. The number of para-hydroxylation sites is 1. The standard InChI is InChI=1S/C16H21N3O2/c1-4-12(5-2)17-16(20)15-14(21-3)11-19(18-15)13-9-7-6-8-10-13/h6-12H,4-5H2,1-3H3,(H,17,20). The second-order valence-electron chi connectivity index (χ2n) is 4.81. The molecule has 0 bridgehead atoms. The van der Waals surface area contributed by atoms with Gasteiger partial charge in [-0.2, -0.15) is 5.10 Å². The Hall–Kier alpha value is -2.30. The normalized spacial score (nSPS) is 10.7. The van der Waals surface area contributed by atoms with Crippen molar-refractivity contribution in [3.8, 4) is 11.4 Å². The van der Waals surface area contributed by atoms with Crippen molar-refractivity contribution in [3.05, 3.63) is 42.2 Å². The molecule has 1 N–H and O–H groups in total. The molecule has 1 aromatic heterocycles. The number of rotatable bonds is 6. The maximum atomic E-state index is 12.3. The Morgan fingerprint density at radius 2 is 1.95 bits per heavy atom. The molecule has 1 aromatic carbocycles. The minimum Gasteiger partial charge on any atom is -0.493 e. The van der Waals surface area contributed by atoms with E-state index in [-0.39, 0.29) is 11.9 Å². The Kier molecular flexibility index (Phi) is 4.98. The fourth-order valence-corrected chi connectivity index (χ4v) is 2.12. The highest BCUT2D eigenvalue weighted by molar-refractivity contribution is 5.95. The van der Waals surface area contributed by atoms with E-state index in [4.69, 9.17) is 4.74 Å². The van der Waals surface area contributed by atoms with Crippen LogP contribution in [-0.4, -0.2) is 28.8 Å². The first-order valence-corrected chi connectivity index (χ1v) is 7.19. The Morgan fingerprint density at radius 1 is 1.29 bits per heavy atom. The molecule has 0 saturated carbocycles. The van der Waals surface area contributed by atoms with Gasteiger partial charge >= 0.3 is 0 Å². The van der Waals surface area contributed by atoms with Gasteiger partial charge in [-0.15, -0.1) is 0 Å². The summed E-state index contributed by atoms with van der Waals surface area (Å²) in [5.41, 5.74) is 1.20. The number of benzene rings is 1. The van der Waals surface area contributed by atoms with E-state index in [1.54, 1.807) is 18.0 Å². The molecule has 0 atom stereocenters. The summed E-state index contributed by atoms with van der Waals surface area (Å²) in [7, 11) is 1.54. The molecule has 0 radical (unpaired) electrons. The second kappa shape index (κ2) is 6.92. The molecule has 21 heavy (non-hydrogen) atoms. The van der Waals surface area contributed by atoms with Crippen LogP contribution in [0.1, 0.15) is 37.2 Å². The van der Waals surface area contributed by atoms with E-state index in [0.29, 0.717) is 11.4 Å². The van der Waals surface area contributed by atoms with E-state index >= 15 is 0 Å². The minimum absolute atomic E-state index is 0.157. The van der Waals surface area contributed by atoms with E-state index < -0.39 is 0 Å². The van der Waals surface area contributed by atoms with Gasteiger partial charge in [-0.05, 0) is 25.0 Å². The zero-order valence-electron chi connectivity index (χ0n) is 12.7. The fourth-order valence-electron chi connectivity index (χ4n) is 2.12. The summed E-state index contributed by atoms with van der Waals surface area (Å²) in [4.78, 5) is 12.3. The molecule has 2 aromatic rings. The van der Waals surface area contributed by atoms with Gasteiger partial charge in [0.25, 0.3) is 5.91 Å². The van der Waals surface area contributed by atoms with Crippen molar-refractivity contribution in [2.45, 2.75) is 32.7 Å². The molecule has 0 aliphatic heterocycles. The number of hydrogen-bond donors (Lipinski definition) is 1. The lowest BCUT2D eigenvalue weighted by atomic mass is 10.1. The van der Waals surface area contributed by atoms with Gasteiger partial charge < -0.3 is 10.1 Å². The van der Waals surface area contributed by atoms with E-state index in [0.717, 1.165) is 18.5 Å². The zero-order chi connectivity index (χ0) is 15.2. The lowest BCUT2D eigenvalue weighted by molar-refractivity contribution is 0.0926. The fraction of sp³-hybridized carbons (Fsp3) is 0.375. The lowest BCUT2D eigenvalue weighted by Crippen LogP contribution is -2.34. The Morgan fingerprint density at radius 3 is 2.52 bits per heavy atom. The monoisotopic (exact) mass is 287 g/mol. The van der Waals surface area contributed by atoms with Gasteiger partial charge in [0, 0.05) is 6.04 Å². The molecule has 0 aliphatic rings. The number of carbonyl (C=O) groups excluding carboxylic acids is 1. The first-order chi connectivity index (χ1) is 10.2. The van der Waals surface area contributed by atoms with Crippen molar-refractivity contribution < 1.29 is 9.53 Å². The molecular weight excluding hydrogens is 266 g/mol. The van der Waals surface area contributed by atoms with Crippen molar-refractivity contribution in [3.63, 3.8) is 0 Å². The van der Waals surface area contributed by atoms with Crippen LogP contribution in [0.2, 0.25) is 0 Å². The van der Waals surface area contributed by atoms with E-state index in [9.17, 15) is 4.79 Å². The Labute approximate surface area is 124 Å². The molecule has 0 saturated heterocycles. The number of nitrogens with one attached hydrogen (secondary N) is 1. The van der Waals surface area contributed by atoms with Crippen LogP contribution in [0, 0.1) is 0 Å². The van der Waals surface area contributed by atoms with Crippen molar-refractivity contribution >= 4 is 5.91 Å². The summed E-state index contributed by atoms with van der Waals surface area (Å²) < 4.78 is 6.93. The maximum Gasteiger partial charge on any atom is 0.275 e. The van der Waals surface area contributed by atoms with Crippen LogP contribution in [0.4, 0.5) is 0 Å². The minimum atomic E-state index is -0.199. The summed E-state index contributed by atoms with van der Waals surface area (Å²) >= 11 is 0. The van der Waals surface area contributed by atoms with Crippen LogP contribution in [0.15, 0.2) is 36.5 Å². The number of hydrogen-bond acceptors (Lipinski definition) is 3. The Bertz CT molecular complexity index is 589. The van der Waals surface area contributed by atoms with Crippen LogP contribution >= 0.6 is 0 Å². The molecule has 0 spiro atoms. The molecule has 0 aliphatic carbocycles. The van der Waals surface area contributed by atoms with Gasteiger partial charge in [0.2, 0.25) is 0 Å². The first-order valence-electron chi connectivity index (χ1n) is 7.19. The molecule has 1 heterocycles. The van der Waals surface area contributed by atoms with Crippen LogP contribution in [0.25, 0.3) is 5.69 Å². The quantitative estimate of drug-likeness (QED) is 0.889. The summed E-state index contributed by atoms with van der Waals surface area (Å²) in [6, 6.07) is 9.79. The van der Waals surface area contributed by atoms with Crippen molar-refractivity contribution in [2.75, 3.05) is 7.11 Å². The van der Waals surface area contributed by atoms with Gasteiger partial charge in [0.05, 0.1) is 19.0 Å². The predicted octanol–water partition coefficient (Wildman–Crippen LogP) is 2.80. The van der Waals surface area contributed by atoms with Crippen LogP contribution < -0.4 is 10.1 Å².